The Labute approximate surface area is 171 Å². The summed E-state index contributed by atoms with van der Waals surface area (Å²) in [5.41, 5.74) is 8.04. The third-order valence-electron chi connectivity index (χ3n) is 4.84. The van der Waals surface area contributed by atoms with Crippen LogP contribution in [0.3, 0.4) is 0 Å². The van der Waals surface area contributed by atoms with Gasteiger partial charge in [-0.05, 0) is 41.8 Å². The first-order valence-electron chi connectivity index (χ1n) is 9.20. The maximum atomic E-state index is 12.8. The number of hydrogen-bond donors (Lipinski definition) is 2. The second-order valence-corrected chi connectivity index (χ2v) is 6.58. The number of benzene rings is 2. The highest BCUT2D eigenvalue weighted by atomic mass is 35.5. The van der Waals surface area contributed by atoms with Crippen LogP contribution < -0.4 is 15.8 Å². The van der Waals surface area contributed by atoms with Gasteiger partial charge in [-0.25, -0.2) is 0 Å². The van der Waals surface area contributed by atoms with Crippen LogP contribution in [0.4, 0.5) is 0 Å². The summed E-state index contributed by atoms with van der Waals surface area (Å²) in [7, 11) is 0. The molecule has 150 valence electrons. The SMILES string of the molecule is CCc1ccc(C2CNCCN2C(=O)COc2ccc(C(N)=O)cc2)cc1.Cl. The number of nitrogens with one attached hydrogen (secondary N) is 1. The molecule has 0 spiro atoms. The molecular weight excluding hydrogens is 378 g/mol. The molecule has 2 aromatic carbocycles. The number of carbonyl (C=O) groups is 2. The fourth-order valence-corrected chi connectivity index (χ4v) is 3.22. The van der Waals surface area contributed by atoms with Crippen molar-refractivity contribution < 1.29 is 14.3 Å². The molecule has 1 saturated heterocycles. The highest BCUT2D eigenvalue weighted by molar-refractivity contribution is 5.92. The highest BCUT2D eigenvalue weighted by Gasteiger charge is 2.28. The summed E-state index contributed by atoms with van der Waals surface area (Å²) in [6, 6.07) is 14.9. The number of aryl methyl sites for hydroxylation is 1. The van der Waals surface area contributed by atoms with Gasteiger partial charge in [0.1, 0.15) is 5.75 Å². The Morgan fingerprint density at radius 1 is 1.14 bits per heavy atom. The van der Waals surface area contributed by atoms with Crippen LogP contribution in [0.25, 0.3) is 0 Å². The van der Waals surface area contributed by atoms with Crippen molar-refractivity contribution in [1.29, 1.82) is 0 Å². The predicted octanol–water partition coefficient (Wildman–Crippen LogP) is 2.32. The Kier molecular flexibility index (Phi) is 7.84. The lowest BCUT2D eigenvalue weighted by molar-refractivity contribution is -0.136. The first-order chi connectivity index (χ1) is 13.1. The van der Waals surface area contributed by atoms with E-state index in [1.54, 1.807) is 24.3 Å². The molecule has 28 heavy (non-hydrogen) atoms. The summed E-state index contributed by atoms with van der Waals surface area (Å²) in [4.78, 5) is 25.7. The van der Waals surface area contributed by atoms with E-state index in [2.05, 4.69) is 36.5 Å². The Morgan fingerprint density at radius 3 is 2.43 bits per heavy atom. The summed E-state index contributed by atoms with van der Waals surface area (Å²) >= 11 is 0. The zero-order valence-electron chi connectivity index (χ0n) is 15.9. The van der Waals surface area contributed by atoms with Gasteiger partial charge in [-0.15, -0.1) is 12.4 Å². The van der Waals surface area contributed by atoms with Gasteiger partial charge in [0.2, 0.25) is 5.91 Å². The molecule has 1 atom stereocenters. The van der Waals surface area contributed by atoms with Gasteiger partial charge in [0, 0.05) is 25.2 Å². The average Bonchev–Trinajstić information content (AvgIpc) is 2.72. The van der Waals surface area contributed by atoms with Gasteiger partial charge in [0.15, 0.2) is 6.61 Å². The molecule has 3 N–H and O–H groups in total. The van der Waals surface area contributed by atoms with Crippen LogP contribution in [0.1, 0.15) is 34.5 Å². The molecule has 2 amide bonds. The fraction of sp³-hybridized carbons (Fsp3) is 0.333. The summed E-state index contributed by atoms with van der Waals surface area (Å²) in [6.45, 7) is 4.22. The summed E-state index contributed by atoms with van der Waals surface area (Å²) in [5.74, 6) is -0.0113. The number of halogens is 1. The van der Waals surface area contributed by atoms with E-state index in [9.17, 15) is 9.59 Å². The fourth-order valence-electron chi connectivity index (χ4n) is 3.22. The van der Waals surface area contributed by atoms with E-state index in [1.807, 2.05) is 4.90 Å². The lowest BCUT2D eigenvalue weighted by Gasteiger charge is -2.36. The zero-order valence-corrected chi connectivity index (χ0v) is 16.7. The molecule has 3 rings (SSSR count). The molecule has 1 aliphatic heterocycles. The average molecular weight is 404 g/mol. The summed E-state index contributed by atoms with van der Waals surface area (Å²) in [5, 5.41) is 3.36. The third kappa shape index (κ3) is 5.24. The van der Waals surface area contributed by atoms with E-state index in [-0.39, 0.29) is 31.0 Å². The molecular formula is C21H26ClN3O3. The van der Waals surface area contributed by atoms with Crippen LogP contribution >= 0.6 is 12.4 Å². The smallest absolute Gasteiger partial charge is 0.261 e. The number of amides is 2. The van der Waals surface area contributed by atoms with Gasteiger partial charge in [-0.1, -0.05) is 31.2 Å². The topological polar surface area (TPSA) is 84.7 Å². The minimum absolute atomic E-state index is 0. The van der Waals surface area contributed by atoms with Crippen molar-refractivity contribution in [3.63, 3.8) is 0 Å². The maximum absolute atomic E-state index is 12.8. The molecule has 1 fully saturated rings. The Hall–Kier alpha value is -2.57. The quantitative estimate of drug-likeness (QED) is 0.775. The first-order valence-corrected chi connectivity index (χ1v) is 9.20. The number of piperazine rings is 1. The zero-order chi connectivity index (χ0) is 19.2. The predicted molar refractivity (Wildman–Crippen MR) is 111 cm³/mol. The Morgan fingerprint density at radius 2 is 1.82 bits per heavy atom. The standard InChI is InChI=1S/C21H25N3O3.ClH/c1-2-15-3-5-16(6-4-15)19-13-23-11-12-24(19)20(25)14-27-18-9-7-17(8-10-18)21(22)26;/h3-10,19,23H,2,11-14H2,1H3,(H2,22,26);1H. The number of rotatable bonds is 6. The minimum atomic E-state index is -0.490. The number of hydrogen-bond acceptors (Lipinski definition) is 4. The Bertz CT molecular complexity index is 794. The van der Waals surface area contributed by atoms with Crippen LogP contribution in [-0.4, -0.2) is 43.0 Å². The molecule has 0 radical (unpaired) electrons. The lowest BCUT2D eigenvalue weighted by atomic mass is 10.0. The van der Waals surface area contributed by atoms with Crippen LogP contribution in [0, 0.1) is 0 Å². The molecule has 2 aromatic rings. The van der Waals surface area contributed by atoms with Crippen molar-refractivity contribution in [2.75, 3.05) is 26.2 Å². The first kappa shape index (κ1) is 21.7. The third-order valence-corrected chi connectivity index (χ3v) is 4.84. The normalized spacial score (nSPS) is 16.2. The van der Waals surface area contributed by atoms with Gasteiger partial charge in [-0.2, -0.15) is 0 Å². The molecule has 0 aliphatic carbocycles. The molecule has 1 aliphatic rings. The molecule has 0 saturated carbocycles. The van der Waals surface area contributed by atoms with E-state index in [1.165, 1.54) is 5.56 Å². The van der Waals surface area contributed by atoms with Crippen LogP contribution in [-0.2, 0) is 11.2 Å². The van der Waals surface area contributed by atoms with Crippen molar-refractivity contribution in [3.05, 3.63) is 65.2 Å². The van der Waals surface area contributed by atoms with Gasteiger partial charge in [0.05, 0.1) is 6.04 Å². The van der Waals surface area contributed by atoms with Gasteiger partial charge in [-0.3, -0.25) is 9.59 Å². The van der Waals surface area contributed by atoms with E-state index in [0.29, 0.717) is 17.9 Å². The molecule has 0 bridgehead atoms. The van der Waals surface area contributed by atoms with Crippen molar-refractivity contribution in [2.24, 2.45) is 5.73 Å². The second kappa shape index (κ2) is 10.1. The number of nitrogens with zero attached hydrogens (tertiary/aromatic N) is 1. The second-order valence-electron chi connectivity index (χ2n) is 6.58. The molecule has 6 nitrogen and oxygen atoms in total. The highest BCUT2D eigenvalue weighted by Crippen LogP contribution is 2.23. The van der Waals surface area contributed by atoms with Crippen molar-refractivity contribution in [1.82, 2.24) is 10.2 Å². The van der Waals surface area contributed by atoms with Gasteiger partial charge < -0.3 is 20.7 Å². The molecule has 0 aromatic heterocycles. The van der Waals surface area contributed by atoms with Crippen molar-refractivity contribution in [2.45, 2.75) is 19.4 Å². The van der Waals surface area contributed by atoms with Crippen LogP contribution in [0.15, 0.2) is 48.5 Å². The van der Waals surface area contributed by atoms with E-state index in [0.717, 1.165) is 25.1 Å². The monoisotopic (exact) mass is 403 g/mol. The number of primary amides is 1. The van der Waals surface area contributed by atoms with E-state index < -0.39 is 5.91 Å². The summed E-state index contributed by atoms with van der Waals surface area (Å²) in [6.07, 6.45) is 0.994. The van der Waals surface area contributed by atoms with E-state index in [4.69, 9.17) is 10.5 Å². The summed E-state index contributed by atoms with van der Waals surface area (Å²) < 4.78 is 5.61. The van der Waals surface area contributed by atoms with Crippen LogP contribution in [0.2, 0.25) is 0 Å². The van der Waals surface area contributed by atoms with E-state index >= 15 is 0 Å². The van der Waals surface area contributed by atoms with Crippen molar-refractivity contribution >= 4 is 24.2 Å². The lowest BCUT2D eigenvalue weighted by Crippen LogP contribution is -2.50. The largest absolute Gasteiger partial charge is 0.484 e. The Balaban J connectivity index is 0.00000280. The van der Waals surface area contributed by atoms with Gasteiger partial charge >= 0.3 is 0 Å². The number of nitrogens with two attached hydrogens (primary N) is 1. The molecule has 1 unspecified atom stereocenters. The van der Waals surface area contributed by atoms with Crippen LogP contribution in [0.5, 0.6) is 5.75 Å². The molecule has 7 heteroatoms. The maximum Gasteiger partial charge on any atom is 0.261 e. The minimum Gasteiger partial charge on any atom is -0.484 e. The van der Waals surface area contributed by atoms with Crippen molar-refractivity contribution in [3.8, 4) is 5.75 Å². The molecule has 1 heterocycles. The van der Waals surface area contributed by atoms with Gasteiger partial charge in [0.25, 0.3) is 5.91 Å². The number of ether oxygens (including phenoxy) is 1. The number of carbonyl (C=O) groups excluding carboxylic acids is 2.